The van der Waals surface area contributed by atoms with Crippen LogP contribution in [0.2, 0.25) is 0 Å². The number of hydrazine groups is 1. The summed E-state index contributed by atoms with van der Waals surface area (Å²) in [6, 6.07) is 7.03. The lowest BCUT2D eigenvalue weighted by Gasteiger charge is -2.11. The molecular weight excluding hydrogens is 433 g/mol. The summed E-state index contributed by atoms with van der Waals surface area (Å²) in [7, 11) is 0. The molecule has 0 bridgehead atoms. The lowest BCUT2D eigenvalue weighted by atomic mass is 10.2. The van der Waals surface area contributed by atoms with Crippen LogP contribution in [0.4, 0.5) is 0 Å². The van der Waals surface area contributed by atoms with Crippen molar-refractivity contribution in [3.05, 3.63) is 33.4 Å². The monoisotopic (exact) mass is 449 g/mol. The summed E-state index contributed by atoms with van der Waals surface area (Å²) in [5, 5.41) is 2.30. The van der Waals surface area contributed by atoms with Gasteiger partial charge in [-0.15, -0.1) is 0 Å². The van der Waals surface area contributed by atoms with Crippen LogP contribution >= 0.6 is 34.8 Å². The van der Waals surface area contributed by atoms with E-state index in [1.54, 1.807) is 25.1 Å². The predicted octanol–water partition coefficient (Wildman–Crippen LogP) is 1.27. The zero-order chi connectivity index (χ0) is 17.2. The lowest BCUT2D eigenvalue weighted by Crippen LogP contribution is -2.48. The second kappa shape index (κ2) is 10.1. The minimum atomic E-state index is -0.450. The number of ether oxygens (including phenoxy) is 1. The third-order valence-electron chi connectivity index (χ3n) is 2.52. The van der Waals surface area contributed by atoms with E-state index in [4.69, 9.17) is 17.0 Å². The fourth-order valence-corrected chi connectivity index (χ4v) is 2.29. The summed E-state index contributed by atoms with van der Waals surface area (Å²) in [5.41, 5.74) is 5.30. The maximum atomic E-state index is 11.9. The van der Waals surface area contributed by atoms with E-state index in [1.807, 2.05) is 28.7 Å². The van der Waals surface area contributed by atoms with Gasteiger partial charge in [-0.25, -0.2) is 0 Å². The van der Waals surface area contributed by atoms with Crippen LogP contribution in [0.15, 0.2) is 24.3 Å². The van der Waals surface area contributed by atoms with Crippen LogP contribution in [-0.4, -0.2) is 29.5 Å². The van der Waals surface area contributed by atoms with Crippen molar-refractivity contribution in [1.29, 1.82) is 0 Å². The van der Waals surface area contributed by atoms with E-state index < -0.39 is 11.9 Å². The van der Waals surface area contributed by atoms with Crippen LogP contribution in [0.3, 0.4) is 0 Å². The van der Waals surface area contributed by atoms with Crippen LogP contribution < -0.4 is 16.2 Å². The van der Waals surface area contributed by atoms with Crippen molar-refractivity contribution in [3.63, 3.8) is 0 Å². The number of rotatable bonds is 5. The molecule has 0 aliphatic heterocycles. The van der Waals surface area contributed by atoms with Gasteiger partial charge in [-0.2, -0.15) is 0 Å². The Balaban J connectivity index is 2.34. The standard InChI is InChI=1S/C14H16IN3O4S/c1-2-22-12(20)8-7-11(19)16-14(23)18-17-13(21)9-5-3-4-6-10(9)15/h3-6H,2,7-8H2,1H3,(H,17,21)(H2,16,18,19,23). The minimum absolute atomic E-state index is 0.0309. The highest BCUT2D eigenvalue weighted by molar-refractivity contribution is 14.1. The van der Waals surface area contributed by atoms with Gasteiger partial charge in [-0.3, -0.25) is 25.2 Å². The van der Waals surface area contributed by atoms with Gasteiger partial charge in [0, 0.05) is 9.99 Å². The SMILES string of the molecule is CCOC(=O)CCC(=O)NC(=S)NNC(=O)c1ccccc1I. The van der Waals surface area contributed by atoms with Crippen molar-refractivity contribution in [1.82, 2.24) is 16.2 Å². The molecule has 0 atom stereocenters. The van der Waals surface area contributed by atoms with E-state index in [1.165, 1.54) is 0 Å². The van der Waals surface area contributed by atoms with Crippen molar-refractivity contribution in [3.8, 4) is 0 Å². The molecular formula is C14H16IN3O4S. The third-order valence-corrected chi connectivity index (χ3v) is 3.67. The number of amides is 2. The first-order valence-electron chi connectivity index (χ1n) is 6.74. The Morgan fingerprint density at radius 1 is 1.17 bits per heavy atom. The minimum Gasteiger partial charge on any atom is -0.466 e. The summed E-state index contributed by atoms with van der Waals surface area (Å²) in [5.74, 6) is -1.27. The van der Waals surface area contributed by atoms with Crippen LogP contribution in [0.1, 0.15) is 30.1 Å². The first-order valence-corrected chi connectivity index (χ1v) is 8.23. The van der Waals surface area contributed by atoms with Crippen LogP contribution in [0.25, 0.3) is 0 Å². The number of carbonyl (C=O) groups excluding carboxylic acids is 3. The number of hydrogen-bond acceptors (Lipinski definition) is 5. The topological polar surface area (TPSA) is 96.5 Å². The summed E-state index contributed by atoms with van der Waals surface area (Å²) < 4.78 is 5.50. The van der Waals surface area contributed by atoms with Gasteiger partial charge in [-0.1, -0.05) is 12.1 Å². The summed E-state index contributed by atoms with van der Waals surface area (Å²) in [4.78, 5) is 34.6. The molecule has 9 heteroatoms. The van der Waals surface area contributed by atoms with Crippen molar-refractivity contribution < 1.29 is 19.1 Å². The summed E-state index contributed by atoms with van der Waals surface area (Å²) in [6.07, 6.45) is -0.0813. The normalized spacial score (nSPS) is 9.65. The number of hydrogen-bond donors (Lipinski definition) is 3. The zero-order valence-corrected chi connectivity index (χ0v) is 15.3. The molecule has 0 aliphatic rings. The Hall–Kier alpha value is -1.75. The number of carbonyl (C=O) groups is 3. The molecule has 0 saturated heterocycles. The van der Waals surface area contributed by atoms with Gasteiger partial charge in [0.15, 0.2) is 5.11 Å². The van der Waals surface area contributed by atoms with E-state index in [0.717, 1.165) is 3.57 Å². The Labute approximate surface area is 152 Å². The van der Waals surface area contributed by atoms with Gasteiger partial charge in [0.05, 0.1) is 18.6 Å². The van der Waals surface area contributed by atoms with E-state index in [-0.39, 0.29) is 30.5 Å². The molecule has 0 aliphatic carbocycles. The van der Waals surface area contributed by atoms with E-state index >= 15 is 0 Å². The van der Waals surface area contributed by atoms with E-state index in [2.05, 4.69) is 16.2 Å². The Morgan fingerprint density at radius 3 is 2.52 bits per heavy atom. The molecule has 0 aromatic heterocycles. The Kier molecular flexibility index (Phi) is 8.48. The number of nitrogens with one attached hydrogen (secondary N) is 3. The van der Waals surface area contributed by atoms with Crippen molar-refractivity contribution in [2.45, 2.75) is 19.8 Å². The fourth-order valence-electron chi connectivity index (χ4n) is 1.50. The second-order valence-electron chi connectivity index (χ2n) is 4.24. The number of halogens is 1. The largest absolute Gasteiger partial charge is 0.466 e. The van der Waals surface area contributed by atoms with E-state index in [9.17, 15) is 14.4 Å². The fraction of sp³-hybridized carbons (Fsp3) is 0.286. The molecule has 0 spiro atoms. The molecule has 0 heterocycles. The lowest BCUT2D eigenvalue weighted by molar-refractivity contribution is -0.144. The number of benzene rings is 1. The quantitative estimate of drug-likeness (QED) is 0.271. The number of thiocarbonyl (C=S) groups is 1. The van der Waals surface area contributed by atoms with Gasteiger partial charge in [0.25, 0.3) is 5.91 Å². The molecule has 23 heavy (non-hydrogen) atoms. The second-order valence-corrected chi connectivity index (χ2v) is 5.81. The Morgan fingerprint density at radius 2 is 1.87 bits per heavy atom. The average Bonchev–Trinajstić information content (AvgIpc) is 2.51. The average molecular weight is 449 g/mol. The van der Waals surface area contributed by atoms with Crippen molar-refractivity contribution >= 4 is 57.7 Å². The van der Waals surface area contributed by atoms with Gasteiger partial charge < -0.3 is 10.1 Å². The Bertz CT molecular complexity index is 609. The van der Waals surface area contributed by atoms with Gasteiger partial charge in [0.1, 0.15) is 0 Å². The van der Waals surface area contributed by atoms with Crippen LogP contribution in [0, 0.1) is 3.57 Å². The first kappa shape index (κ1) is 19.3. The molecule has 1 aromatic rings. The highest BCUT2D eigenvalue weighted by atomic mass is 127. The molecule has 0 saturated carbocycles. The molecule has 1 aromatic carbocycles. The third kappa shape index (κ3) is 7.37. The van der Waals surface area contributed by atoms with Crippen LogP contribution in [-0.2, 0) is 14.3 Å². The smallest absolute Gasteiger partial charge is 0.306 e. The predicted molar refractivity (Wildman–Crippen MR) is 96.4 cm³/mol. The highest BCUT2D eigenvalue weighted by Gasteiger charge is 2.11. The maximum absolute atomic E-state index is 11.9. The van der Waals surface area contributed by atoms with Gasteiger partial charge in [-0.05, 0) is 53.9 Å². The van der Waals surface area contributed by atoms with Gasteiger partial charge in [0.2, 0.25) is 5.91 Å². The highest BCUT2D eigenvalue weighted by Crippen LogP contribution is 2.10. The number of esters is 1. The van der Waals surface area contributed by atoms with Crippen molar-refractivity contribution in [2.24, 2.45) is 0 Å². The maximum Gasteiger partial charge on any atom is 0.306 e. The van der Waals surface area contributed by atoms with E-state index in [0.29, 0.717) is 5.56 Å². The molecule has 1 rings (SSSR count). The summed E-state index contributed by atoms with van der Waals surface area (Å²) >= 11 is 6.93. The van der Waals surface area contributed by atoms with Crippen molar-refractivity contribution in [2.75, 3.05) is 6.61 Å². The molecule has 124 valence electrons. The molecule has 3 N–H and O–H groups in total. The molecule has 0 unspecified atom stereocenters. The summed E-state index contributed by atoms with van der Waals surface area (Å²) in [6.45, 7) is 1.96. The molecule has 0 radical (unpaired) electrons. The van der Waals surface area contributed by atoms with Crippen LogP contribution in [0.5, 0.6) is 0 Å². The van der Waals surface area contributed by atoms with Gasteiger partial charge >= 0.3 is 5.97 Å². The zero-order valence-electron chi connectivity index (χ0n) is 12.3. The first-order chi connectivity index (χ1) is 10.9. The molecule has 2 amide bonds. The molecule has 7 nitrogen and oxygen atoms in total. The molecule has 0 fully saturated rings.